The molecule has 0 N–H and O–H groups in total. The van der Waals surface area contributed by atoms with Crippen LogP contribution in [0.3, 0.4) is 0 Å². The maximum Gasteiger partial charge on any atom is 0.191 e. The molecule has 0 aliphatic rings. The van der Waals surface area contributed by atoms with Crippen LogP contribution in [0.25, 0.3) is 0 Å². The summed E-state index contributed by atoms with van der Waals surface area (Å²) in [4.78, 5) is 10.8. The summed E-state index contributed by atoms with van der Waals surface area (Å²) in [6.45, 7) is 0.823. The van der Waals surface area contributed by atoms with Gasteiger partial charge < -0.3 is 23.9 Å². The Labute approximate surface area is 167 Å². The predicted octanol–water partition coefficient (Wildman–Crippen LogP) is 1.95. The molecule has 3 rings (SSSR count). The first-order valence-corrected chi connectivity index (χ1v) is 9.70. The summed E-state index contributed by atoms with van der Waals surface area (Å²) in [6.07, 6.45) is 0.768. The van der Waals surface area contributed by atoms with Crippen molar-refractivity contribution in [2.45, 2.75) is 24.7 Å². The van der Waals surface area contributed by atoms with Crippen LogP contribution in [-0.4, -0.2) is 33.6 Å². The Morgan fingerprint density at radius 2 is 1.89 bits per heavy atom. The van der Waals surface area contributed by atoms with Crippen molar-refractivity contribution in [3.05, 3.63) is 66.0 Å². The van der Waals surface area contributed by atoms with Gasteiger partial charge in [-0.3, -0.25) is 0 Å². The third-order valence-electron chi connectivity index (χ3n) is 3.99. The zero-order valence-corrected chi connectivity index (χ0v) is 16.2. The zero-order valence-electron chi connectivity index (χ0n) is 15.4. The Balaban J connectivity index is 1.73. The van der Waals surface area contributed by atoms with Gasteiger partial charge in [0, 0.05) is 18.4 Å². The first-order chi connectivity index (χ1) is 13.7. The van der Waals surface area contributed by atoms with E-state index in [0.717, 1.165) is 18.2 Å². The number of ether oxygens (including phenoxy) is 2. The van der Waals surface area contributed by atoms with Gasteiger partial charge in [-0.15, -0.1) is 10.2 Å². The van der Waals surface area contributed by atoms with E-state index in [4.69, 9.17) is 9.47 Å². The normalized spacial score (nSPS) is 10.6. The summed E-state index contributed by atoms with van der Waals surface area (Å²) in [5.74, 6) is 0.658. The Morgan fingerprint density at radius 3 is 2.64 bits per heavy atom. The predicted molar refractivity (Wildman–Crippen MR) is 103 cm³/mol. The maximum atomic E-state index is 10.8. The van der Waals surface area contributed by atoms with E-state index in [1.807, 2.05) is 53.1 Å². The lowest BCUT2D eigenvalue weighted by molar-refractivity contribution is -0.301. The highest BCUT2D eigenvalue weighted by atomic mass is 32.2. The van der Waals surface area contributed by atoms with Gasteiger partial charge >= 0.3 is 0 Å². The van der Waals surface area contributed by atoms with Gasteiger partial charge in [-0.25, -0.2) is 0 Å². The number of carboxylic acids is 1. The molecule has 0 spiro atoms. The van der Waals surface area contributed by atoms with Gasteiger partial charge in [0.05, 0.1) is 13.1 Å². The molecule has 8 heteroatoms. The molecule has 28 heavy (non-hydrogen) atoms. The van der Waals surface area contributed by atoms with E-state index in [0.29, 0.717) is 29.0 Å². The molecule has 146 valence electrons. The molecule has 1 aromatic heterocycles. The molecule has 0 unspecified atom stereocenters. The lowest BCUT2D eigenvalue weighted by Crippen LogP contribution is -2.24. The van der Waals surface area contributed by atoms with E-state index < -0.39 is 5.97 Å². The number of methoxy groups -OCH3 is 1. The summed E-state index contributed by atoms with van der Waals surface area (Å²) in [5, 5.41) is 19.7. The Hall–Kier alpha value is -3.00. The summed E-state index contributed by atoms with van der Waals surface area (Å²) < 4.78 is 12.9. The summed E-state index contributed by atoms with van der Waals surface area (Å²) in [6, 6.07) is 17.3. The molecule has 3 aromatic rings. The third-order valence-corrected chi connectivity index (χ3v) is 4.93. The van der Waals surface area contributed by atoms with E-state index in [2.05, 4.69) is 10.2 Å². The van der Waals surface area contributed by atoms with Crippen LogP contribution in [0.15, 0.2) is 59.8 Å². The second-order valence-electron chi connectivity index (χ2n) is 5.91. The van der Waals surface area contributed by atoms with Crippen LogP contribution in [0.1, 0.15) is 11.4 Å². The molecule has 0 saturated carbocycles. The minimum atomic E-state index is -1.14. The van der Waals surface area contributed by atoms with Gasteiger partial charge in [-0.05, 0) is 24.1 Å². The first-order valence-electron chi connectivity index (χ1n) is 8.71. The first kappa shape index (κ1) is 19.8. The van der Waals surface area contributed by atoms with Crippen molar-refractivity contribution in [1.29, 1.82) is 0 Å². The molecule has 0 bridgehead atoms. The third kappa shape index (κ3) is 5.50. The lowest BCUT2D eigenvalue weighted by Gasteiger charge is -2.12. The quantitative estimate of drug-likeness (QED) is 0.482. The topological polar surface area (TPSA) is 89.3 Å². The number of carbonyl (C=O) groups excluding carboxylic acids is 1. The van der Waals surface area contributed by atoms with Gasteiger partial charge in [0.25, 0.3) is 0 Å². The second-order valence-corrected chi connectivity index (χ2v) is 6.86. The minimum absolute atomic E-state index is 0.180. The van der Waals surface area contributed by atoms with E-state index in [9.17, 15) is 9.90 Å². The van der Waals surface area contributed by atoms with Gasteiger partial charge in [0.15, 0.2) is 11.0 Å². The molecule has 7 nitrogen and oxygen atoms in total. The van der Waals surface area contributed by atoms with Crippen molar-refractivity contribution < 1.29 is 19.4 Å². The Kier molecular flexibility index (Phi) is 6.91. The number of hydrogen-bond acceptors (Lipinski definition) is 7. The van der Waals surface area contributed by atoms with Crippen molar-refractivity contribution in [1.82, 2.24) is 14.8 Å². The number of aryl methyl sites for hydroxylation is 1. The second kappa shape index (κ2) is 9.80. The summed E-state index contributed by atoms with van der Waals surface area (Å²) in [7, 11) is 1.60. The molecule has 0 saturated heterocycles. The van der Waals surface area contributed by atoms with Crippen LogP contribution in [0.5, 0.6) is 11.5 Å². The average molecular weight is 398 g/mol. The van der Waals surface area contributed by atoms with Crippen LogP contribution >= 0.6 is 11.8 Å². The van der Waals surface area contributed by atoms with Crippen LogP contribution < -0.4 is 14.6 Å². The highest BCUT2D eigenvalue weighted by Crippen LogP contribution is 2.22. The smallest absolute Gasteiger partial charge is 0.191 e. The summed E-state index contributed by atoms with van der Waals surface area (Å²) >= 11 is 1.09. The number of thioether (sulfide) groups is 1. The Morgan fingerprint density at radius 1 is 1.11 bits per heavy atom. The molecule has 1 heterocycles. The fraction of sp³-hybridized carbons (Fsp3) is 0.250. The molecule has 0 aliphatic carbocycles. The number of benzene rings is 2. The number of carboxylic acid groups (broad SMARTS) is 1. The van der Waals surface area contributed by atoms with Crippen LogP contribution in [0.2, 0.25) is 0 Å². The molecule has 2 aromatic carbocycles. The van der Waals surface area contributed by atoms with Gasteiger partial charge in [-0.2, -0.15) is 0 Å². The molecule has 0 atom stereocenters. The molecular formula is C20H20N3O4S-. The Bertz CT molecular complexity index is 915. The monoisotopic (exact) mass is 398 g/mol. The lowest BCUT2D eigenvalue weighted by atomic mass is 10.1. The highest BCUT2D eigenvalue weighted by Gasteiger charge is 2.14. The van der Waals surface area contributed by atoms with Gasteiger partial charge in [0.1, 0.15) is 18.1 Å². The van der Waals surface area contributed by atoms with Crippen molar-refractivity contribution in [3.63, 3.8) is 0 Å². The van der Waals surface area contributed by atoms with Gasteiger partial charge in [0.2, 0.25) is 0 Å². The minimum Gasteiger partial charge on any atom is -0.549 e. The molecule has 0 fully saturated rings. The van der Waals surface area contributed by atoms with E-state index in [-0.39, 0.29) is 12.4 Å². The van der Waals surface area contributed by atoms with Crippen LogP contribution in [-0.2, 0) is 24.4 Å². The highest BCUT2D eigenvalue weighted by molar-refractivity contribution is 7.99. The van der Waals surface area contributed by atoms with E-state index in [1.54, 1.807) is 13.2 Å². The molecule has 0 aliphatic heterocycles. The fourth-order valence-corrected chi connectivity index (χ4v) is 3.30. The largest absolute Gasteiger partial charge is 0.549 e. The maximum absolute atomic E-state index is 10.8. The molecule has 0 radical (unpaired) electrons. The average Bonchev–Trinajstić information content (AvgIpc) is 3.11. The SMILES string of the molecule is COc1cccc(OCc2nnc(SCC(=O)[O-])n2CCc2ccccc2)c1. The fourth-order valence-electron chi connectivity index (χ4n) is 2.61. The van der Waals surface area contributed by atoms with Gasteiger partial charge in [-0.1, -0.05) is 48.2 Å². The van der Waals surface area contributed by atoms with E-state index >= 15 is 0 Å². The number of aromatic nitrogens is 3. The van der Waals surface area contributed by atoms with Crippen LogP contribution in [0, 0.1) is 0 Å². The number of aliphatic carboxylic acids is 1. The van der Waals surface area contributed by atoms with Crippen molar-refractivity contribution in [3.8, 4) is 11.5 Å². The van der Waals surface area contributed by atoms with Crippen LogP contribution in [0.4, 0.5) is 0 Å². The zero-order chi connectivity index (χ0) is 19.8. The standard InChI is InChI=1S/C20H21N3O4S/c1-26-16-8-5-9-17(12-16)27-13-18-21-22-20(28-14-19(24)25)23(18)11-10-15-6-3-2-4-7-15/h2-9,12H,10-11,13-14H2,1H3,(H,24,25)/p-1. The van der Waals surface area contributed by atoms with Crippen molar-refractivity contribution >= 4 is 17.7 Å². The van der Waals surface area contributed by atoms with Crippen molar-refractivity contribution in [2.75, 3.05) is 12.9 Å². The van der Waals surface area contributed by atoms with E-state index in [1.165, 1.54) is 5.56 Å². The number of nitrogens with zero attached hydrogens (tertiary/aromatic N) is 3. The number of rotatable bonds is 10. The summed E-state index contributed by atoms with van der Waals surface area (Å²) in [5.41, 5.74) is 1.17. The molecular weight excluding hydrogens is 378 g/mol. The van der Waals surface area contributed by atoms with Crippen molar-refractivity contribution in [2.24, 2.45) is 0 Å². The number of carbonyl (C=O) groups is 1. The number of hydrogen-bond donors (Lipinski definition) is 0. The molecule has 0 amide bonds.